The Morgan fingerprint density at radius 1 is 1.00 bits per heavy atom. The number of guanidine groups is 1. The summed E-state index contributed by atoms with van der Waals surface area (Å²) in [5.74, 6) is 0.704. The molecule has 0 saturated heterocycles. The maximum Gasteiger partial charge on any atom is 0.251 e. The summed E-state index contributed by atoms with van der Waals surface area (Å²) in [4.78, 5) is 21.2. The first-order valence-corrected chi connectivity index (χ1v) is 11.9. The third-order valence-corrected chi connectivity index (χ3v) is 5.89. The van der Waals surface area contributed by atoms with E-state index in [0.717, 1.165) is 54.6 Å². The summed E-state index contributed by atoms with van der Waals surface area (Å²) >= 11 is 1.70. The van der Waals surface area contributed by atoms with Gasteiger partial charge in [-0.3, -0.25) is 4.79 Å². The molecule has 0 bridgehead atoms. The maximum absolute atomic E-state index is 11.8. The molecule has 168 valence electrons. The average Bonchev–Trinajstić information content (AvgIpc) is 3.29. The van der Waals surface area contributed by atoms with Gasteiger partial charge in [-0.2, -0.15) is 0 Å². The number of benzene rings is 2. The Morgan fingerprint density at radius 3 is 2.59 bits per heavy atom. The van der Waals surface area contributed by atoms with Crippen molar-refractivity contribution in [2.24, 2.45) is 4.99 Å². The van der Waals surface area contributed by atoms with Crippen molar-refractivity contribution in [2.75, 3.05) is 20.1 Å². The van der Waals surface area contributed by atoms with Gasteiger partial charge in [0.25, 0.3) is 5.91 Å². The molecular formula is C25H31N5OS. The summed E-state index contributed by atoms with van der Waals surface area (Å²) in [5.41, 5.74) is 4.12. The van der Waals surface area contributed by atoms with Crippen LogP contribution in [-0.4, -0.2) is 37.0 Å². The van der Waals surface area contributed by atoms with Crippen molar-refractivity contribution in [1.82, 2.24) is 20.9 Å². The molecule has 0 fully saturated rings. The van der Waals surface area contributed by atoms with Crippen LogP contribution in [0, 0.1) is 0 Å². The van der Waals surface area contributed by atoms with Crippen LogP contribution in [0.2, 0.25) is 0 Å². The molecule has 0 atom stereocenters. The third-order valence-electron chi connectivity index (χ3n) is 4.94. The summed E-state index contributed by atoms with van der Waals surface area (Å²) < 4.78 is 0. The van der Waals surface area contributed by atoms with Crippen molar-refractivity contribution < 1.29 is 4.79 Å². The number of aromatic nitrogens is 1. The minimum absolute atomic E-state index is 0.0684. The number of aryl methyl sites for hydroxylation is 2. The summed E-state index contributed by atoms with van der Waals surface area (Å²) in [5, 5.41) is 12.6. The monoisotopic (exact) mass is 449 g/mol. The van der Waals surface area contributed by atoms with E-state index in [0.29, 0.717) is 12.1 Å². The smallest absolute Gasteiger partial charge is 0.251 e. The Labute approximate surface area is 194 Å². The van der Waals surface area contributed by atoms with Crippen molar-refractivity contribution in [3.8, 4) is 0 Å². The van der Waals surface area contributed by atoms with Gasteiger partial charge in [-0.15, -0.1) is 11.3 Å². The number of hydrogen-bond acceptors (Lipinski definition) is 4. The molecule has 32 heavy (non-hydrogen) atoms. The van der Waals surface area contributed by atoms with Gasteiger partial charge in [0.2, 0.25) is 0 Å². The van der Waals surface area contributed by atoms with Crippen LogP contribution in [0.25, 0.3) is 0 Å². The van der Waals surface area contributed by atoms with Crippen molar-refractivity contribution in [3.63, 3.8) is 0 Å². The second-order valence-corrected chi connectivity index (χ2v) is 8.31. The summed E-state index contributed by atoms with van der Waals surface area (Å²) in [7, 11) is 1.64. The van der Waals surface area contributed by atoms with Gasteiger partial charge >= 0.3 is 0 Å². The number of thiazole rings is 1. The molecule has 6 nitrogen and oxygen atoms in total. The van der Waals surface area contributed by atoms with E-state index in [2.05, 4.69) is 57.5 Å². The zero-order valence-corrected chi connectivity index (χ0v) is 19.5. The normalized spacial score (nSPS) is 11.2. The Morgan fingerprint density at radius 2 is 1.81 bits per heavy atom. The van der Waals surface area contributed by atoms with Crippen molar-refractivity contribution >= 4 is 23.2 Å². The van der Waals surface area contributed by atoms with E-state index in [9.17, 15) is 4.79 Å². The van der Waals surface area contributed by atoms with Crippen molar-refractivity contribution in [2.45, 2.75) is 32.7 Å². The quantitative estimate of drug-likeness (QED) is 0.327. The molecule has 7 heteroatoms. The SMILES string of the molecule is CCNC(=NCc1csc(CCc2ccccc2)n1)NCCc1cccc(C(=O)NC)c1. The Hall–Kier alpha value is -3.19. The van der Waals surface area contributed by atoms with E-state index in [1.807, 2.05) is 30.3 Å². The predicted molar refractivity (Wildman–Crippen MR) is 132 cm³/mol. The van der Waals surface area contributed by atoms with Gasteiger partial charge < -0.3 is 16.0 Å². The van der Waals surface area contributed by atoms with Crippen LogP contribution < -0.4 is 16.0 Å². The molecule has 2 aromatic carbocycles. The fraction of sp³-hybridized carbons (Fsp3) is 0.320. The Bertz CT molecular complexity index is 1020. The Balaban J connectivity index is 1.49. The van der Waals surface area contributed by atoms with Gasteiger partial charge in [0, 0.05) is 37.5 Å². The van der Waals surface area contributed by atoms with E-state index in [1.165, 1.54) is 5.56 Å². The molecule has 1 heterocycles. The number of nitrogens with zero attached hydrogens (tertiary/aromatic N) is 2. The van der Waals surface area contributed by atoms with Crippen LogP contribution in [-0.2, 0) is 25.8 Å². The first kappa shape index (κ1) is 23.5. The van der Waals surface area contributed by atoms with Crippen LogP contribution in [0.5, 0.6) is 0 Å². The lowest BCUT2D eigenvalue weighted by atomic mass is 10.1. The highest BCUT2D eigenvalue weighted by molar-refractivity contribution is 7.09. The standard InChI is InChI=1S/C25H31N5OS/c1-3-27-25(28-15-14-20-10-7-11-21(16-20)24(31)26-2)29-17-22-18-32-23(30-22)13-12-19-8-5-4-6-9-19/h4-11,16,18H,3,12-15,17H2,1-2H3,(H,26,31)(H2,27,28,29). The number of rotatable bonds is 10. The van der Waals surface area contributed by atoms with Gasteiger partial charge in [-0.05, 0) is 43.0 Å². The lowest BCUT2D eigenvalue weighted by molar-refractivity contribution is 0.0963. The van der Waals surface area contributed by atoms with Gasteiger partial charge in [0.1, 0.15) is 0 Å². The number of nitrogens with one attached hydrogen (secondary N) is 3. The third kappa shape index (κ3) is 7.50. The highest BCUT2D eigenvalue weighted by atomic mass is 32.1. The van der Waals surface area contributed by atoms with E-state index in [-0.39, 0.29) is 5.91 Å². The molecule has 0 spiro atoms. The molecule has 0 aliphatic rings. The average molecular weight is 450 g/mol. The highest BCUT2D eigenvalue weighted by Crippen LogP contribution is 2.14. The molecular weight excluding hydrogens is 418 g/mol. The van der Waals surface area contributed by atoms with Gasteiger partial charge in [-0.1, -0.05) is 42.5 Å². The zero-order chi connectivity index (χ0) is 22.6. The van der Waals surface area contributed by atoms with E-state index in [4.69, 9.17) is 4.98 Å². The van der Waals surface area contributed by atoms with Gasteiger partial charge in [-0.25, -0.2) is 9.98 Å². The Kier molecular flexibility index (Phi) is 9.25. The highest BCUT2D eigenvalue weighted by Gasteiger charge is 2.06. The second kappa shape index (κ2) is 12.6. The lowest BCUT2D eigenvalue weighted by Crippen LogP contribution is -2.38. The largest absolute Gasteiger partial charge is 0.357 e. The number of hydrogen-bond donors (Lipinski definition) is 3. The van der Waals surface area contributed by atoms with Crippen LogP contribution in [0.3, 0.4) is 0 Å². The van der Waals surface area contributed by atoms with Crippen LogP contribution in [0.1, 0.15) is 39.1 Å². The topological polar surface area (TPSA) is 78.4 Å². The first-order valence-electron chi connectivity index (χ1n) is 11.0. The second-order valence-electron chi connectivity index (χ2n) is 7.37. The number of carbonyl (C=O) groups is 1. The summed E-state index contributed by atoms with van der Waals surface area (Å²) in [6.07, 6.45) is 2.75. The van der Waals surface area contributed by atoms with Gasteiger partial charge in [0.15, 0.2) is 5.96 Å². The summed E-state index contributed by atoms with van der Waals surface area (Å²) in [6, 6.07) is 18.2. The molecule has 1 aromatic heterocycles. The summed E-state index contributed by atoms with van der Waals surface area (Å²) in [6.45, 7) is 4.11. The molecule has 0 aliphatic carbocycles. The molecule has 0 saturated carbocycles. The minimum atomic E-state index is -0.0684. The fourth-order valence-corrected chi connectivity index (χ4v) is 4.06. The minimum Gasteiger partial charge on any atom is -0.357 e. The van der Waals surface area contributed by atoms with Crippen LogP contribution in [0.15, 0.2) is 65.0 Å². The molecule has 0 unspecified atom stereocenters. The van der Waals surface area contributed by atoms with Crippen molar-refractivity contribution in [3.05, 3.63) is 87.4 Å². The molecule has 0 aliphatic heterocycles. The molecule has 1 amide bonds. The van der Waals surface area contributed by atoms with Gasteiger partial charge in [0.05, 0.1) is 17.2 Å². The molecule has 3 aromatic rings. The number of carbonyl (C=O) groups excluding carboxylic acids is 1. The van der Waals surface area contributed by atoms with Crippen LogP contribution >= 0.6 is 11.3 Å². The predicted octanol–water partition coefficient (Wildman–Crippen LogP) is 3.59. The maximum atomic E-state index is 11.8. The van der Waals surface area contributed by atoms with E-state index < -0.39 is 0 Å². The first-order chi connectivity index (χ1) is 15.7. The van der Waals surface area contributed by atoms with Crippen LogP contribution in [0.4, 0.5) is 0 Å². The number of amides is 1. The fourth-order valence-electron chi connectivity index (χ4n) is 3.27. The molecule has 3 rings (SSSR count). The van der Waals surface area contributed by atoms with E-state index in [1.54, 1.807) is 18.4 Å². The lowest BCUT2D eigenvalue weighted by Gasteiger charge is -2.11. The number of aliphatic imine (C=N–C) groups is 1. The zero-order valence-electron chi connectivity index (χ0n) is 18.7. The van der Waals surface area contributed by atoms with Crippen molar-refractivity contribution in [1.29, 1.82) is 0 Å². The van der Waals surface area contributed by atoms with E-state index >= 15 is 0 Å². The molecule has 3 N–H and O–H groups in total. The molecule has 0 radical (unpaired) electrons.